The minimum absolute atomic E-state index is 0.309. The van der Waals surface area contributed by atoms with Crippen LogP contribution in [0, 0.1) is 23.2 Å². The van der Waals surface area contributed by atoms with Crippen LogP contribution in [0.5, 0.6) is 0 Å². The van der Waals surface area contributed by atoms with Gasteiger partial charge in [0.15, 0.2) is 0 Å². The van der Waals surface area contributed by atoms with E-state index in [1.54, 1.807) is 6.20 Å². The Hall–Kier alpha value is -1.83. The van der Waals surface area contributed by atoms with E-state index in [4.69, 9.17) is 11.0 Å². The zero-order chi connectivity index (χ0) is 12.7. The minimum Gasteiger partial charge on any atom is -0.369 e. The number of nitriles is 1. The molecule has 5 nitrogen and oxygen atoms in total. The topological polar surface area (TPSA) is 84.7 Å². The fraction of sp³-hybridized carbons (Fsp3) is 0.615. The number of amides is 1. The summed E-state index contributed by atoms with van der Waals surface area (Å²) in [5.74, 6) is 0.305. The van der Waals surface area contributed by atoms with Gasteiger partial charge in [-0.25, -0.2) is 0 Å². The Kier molecular flexibility index (Phi) is 2.58. The highest BCUT2D eigenvalue weighted by Crippen LogP contribution is 2.44. The number of nitrogens with zero attached hydrogens (tertiary/aromatic N) is 3. The number of carbonyl (C=O) groups is 1. The van der Waals surface area contributed by atoms with E-state index in [2.05, 4.69) is 11.2 Å². The monoisotopic (exact) mass is 244 g/mol. The highest BCUT2D eigenvalue weighted by molar-refractivity contribution is 5.83. The largest absolute Gasteiger partial charge is 0.369 e. The van der Waals surface area contributed by atoms with E-state index in [0.29, 0.717) is 17.4 Å². The van der Waals surface area contributed by atoms with Gasteiger partial charge in [-0.2, -0.15) is 10.4 Å². The SMILES string of the molecule is N#Cc1cnn(CC2CC2)c1C(C(N)=O)C1CC1. The van der Waals surface area contributed by atoms with Crippen LogP contribution in [-0.4, -0.2) is 15.7 Å². The second-order valence-electron chi connectivity index (χ2n) is 5.40. The van der Waals surface area contributed by atoms with Crippen LogP contribution in [0.1, 0.15) is 42.9 Å². The van der Waals surface area contributed by atoms with Crippen LogP contribution < -0.4 is 5.73 Å². The molecule has 2 N–H and O–H groups in total. The average molecular weight is 244 g/mol. The van der Waals surface area contributed by atoms with Gasteiger partial charge in [0.05, 0.1) is 23.4 Å². The molecule has 1 aromatic heterocycles. The lowest BCUT2D eigenvalue weighted by molar-refractivity contribution is -0.120. The molecule has 1 atom stereocenters. The molecule has 2 fully saturated rings. The van der Waals surface area contributed by atoms with Crippen molar-refractivity contribution in [2.75, 3.05) is 0 Å². The van der Waals surface area contributed by atoms with Crippen LogP contribution in [0.15, 0.2) is 6.20 Å². The molecule has 0 radical (unpaired) electrons. The van der Waals surface area contributed by atoms with Gasteiger partial charge in [-0.1, -0.05) is 0 Å². The van der Waals surface area contributed by atoms with Crippen LogP contribution in [0.4, 0.5) is 0 Å². The first-order valence-electron chi connectivity index (χ1n) is 6.46. The second-order valence-corrected chi connectivity index (χ2v) is 5.40. The summed E-state index contributed by atoms with van der Waals surface area (Å²) >= 11 is 0. The van der Waals surface area contributed by atoms with Crippen LogP contribution >= 0.6 is 0 Å². The summed E-state index contributed by atoms with van der Waals surface area (Å²) < 4.78 is 1.84. The van der Waals surface area contributed by atoms with E-state index >= 15 is 0 Å². The van der Waals surface area contributed by atoms with Crippen molar-refractivity contribution in [3.05, 3.63) is 17.5 Å². The summed E-state index contributed by atoms with van der Waals surface area (Å²) in [7, 11) is 0. The number of hydrogen-bond acceptors (Lipinski definition) is 3. The molecule has 5 heteroatoms. The Morgan fingerprint density at radius 1 is 1.56 bits per heavy atom. The Morgan fingerprint density at radius 3 is 2.78 bits per heavy atom. The van der Waals surface area contributed by atoms with Crippen LogP contribution in [0.3, 0.4) is 0 Å². The summed E-state index contributed by atoms with van der Waals surface area (Å²) in [6.07, 6.45) is 6.04. The Morgan fingerprint density at radius 2 is 2.28 bits per heavy atom. The van der Waals surface area contributed by atoms with Gasteiger partial charge in [-0.3, -0.25) is 9.48 Å². The quantitative estimate of drug-likeness (QED) is 0.842. The molecule has 1 amide bonds. The maximum absolute atomic E-state index is 11.7. The van der Waals surface area contributed by atoms with Gasteiger partial charge in [-0.05, 0) is 37.5 Å². The van der Waals surface area contributed by atoms with Crippen LogP contribution in [-0.2, 0) is 11.3 Å². The van der Waals surface area contributed by atoms with Gasteiger partial charge in [0.2, 0.25) is 5.91 Å². The Labute approximate surface area is 106 Å². The smallest absolute Gasteiger partial charge is 0.226 e. The summed E-state index contributed by atoms with van der Waals surface area (Å²) in [5, 5.41) is 13.4. The normalized spacial score (nSPS) is 20.4. The maximum atomic E-state index is 11.7. The first-order chi connectivity index (χ1) is 8.70. The molecular formula is C13H16N4O. The number of nitrogens with two attached hydrogens (primary N) is 1. The highest BCUT2D eigenvalue weighted by Gasteiger charge is 2.40. The van der Waals surface area contributed by atoms with E-state index < -0.39 is 0 Å². The second kappa shape index (κ2) is 4.13. The molecule has 0 aliphatic heterocycles. The highest BCUT2D eigenvalue weighted by atomic mass is 16.1. The van der Waals surface area contributed by atoms with Crippen molar-refractivity contribution in [3.8, 4) is 6.07 Å². The standard InChI is InChI=1S/C13H16N4O/c14-5-10-6-16-17(7-8-1-2-8)12(10)11(13(15)18)9-3-4-9/h6,8-9,11H,1-4,7H2,(H2,15,18). The molecule has 3 rings (SSSR count). The van der Waals surface area contributed by atoms with Crippen molar-refractivity contribution in [1.29, 1.82) is 5.26 Å². The number of rotatable bonds is 5. The predicted molar refractivity (Wildman–Crippen MR) is 64.3 cm³/mol. The van der Waals surface area contributed by atoms with Crippen LogP contribution in [0.2, 0.25) is 0 Å². The van der Waals surface area contributed by atoms with Crippen molar-refractivity contribution in [3.63, 3.8) is 0 Å². The molecule has 2 aliphatic rings. The molecule has 1 unspecified atom stereocenters. The van der Waals surface area contributed by atoms with Crippen molar-refractivity contribution >= 4 is 5.91 Å². The zero-order valence-electron chi connectivity index (χ0n) is 10.2. The summed E-state index contributed by atoms with van der Waals surface area (Å²) in [4.78, 5) is 11.7. The molecule has 0 saturated heterocycles. The number of aromatic nitrogens is 2. The summed E-state index contributed by atoms with van der Waals surface area (Å²) in [5.41, 5.74) is 6.77. The van der Waals surface area contributed by atoms with E-state index in [1.165, 1.54) is 12.8 Å². The van der Waals surface area contributed by atoms with Crippen molar-refractivity contribution in [1.82, 2.24) is 9.78 Å². The molecule has 94 valence electrons. The Balaban J connectivity index is 1.98. The van der Waals surface area contributed by atoms with Gasteiger partial charge in [0.25, 0.3) is 0 Å². The lowest BCUT2D eigenvalue weighted by atomic mass is 9.96. The average Bonchev–Trinajstić information content (AvgIpc) is 3.20. The van der Waals surface area contributed by atoms with Crippen LogP contribution in [0.25, 0.3) is 0 Å². The number of hydrogen-bond donors (Lipinski definition) is 1. The molecule has 2 aliphatic carbocycles. The maximum Gasteiger partial charge on any atom is 0.226 e. The first-order valence-corrected chi connectivity index (χ1v) is 6.46. The molecular weight excluding hydrogens is 228 g/mol. The van der Waals surface area contributed by atoms with Crippen molar-refractivity contribution in [2.45, 2.75) is 38.1 Å². The number of carbonyl (C=O) groups excluding carboxylic acids is 1. The van der Waals surface area contributed by atoms with Gasteiger partial charge in [0.1, 0.15) is 6.07 Å². The fourth-order valence-corrected chi connectivity index (χ4v) is 2.52. The first kappa shape index (κ1) is 11.3. The van der Waals surface area contributed by atoms with E-state index in [1.807, 2.05) is 4.68 Å². The summed E-state index contributed by atoms with van der Waals surface area (Å²) in [6.45, 7) is 0.813. The molecule has 0 aromatic carbocycles. The third kappa shape index (κ3) is 1.99. The summed E-state index contributed by atoms with van der Waals surface area (Å²) in [6, 6.07) is 2.14. The molecule has 0 bridgehead atoms. The van der Waals surface area contributed by atoms with E-state index in [0.717, 1.165) is 25.1 Å². The van der Waals surface area contributed by atoms with Gasteiger partial charge < -0.3 is 5.73 Å². The minimum atomic E-state index is -0.333. The lowest BCUT2D eigenvalue weighted by Crippen LogP contribution is -2.26. The zero-order valence-corrected chi connectivity index (χ0v) is 10.2. The fourth-order valence-electron chi connectivity index (χ4n) is 2.52. The van der Waals surface area contributed by atoms with Gasteiger partial charge in [0, 0.05) is 6.54 Å². The van der Waals surface area contributed by atoms with E-state index in [9.17, 15) is 4.79 Å². The molecule has 1 aromatic rings. The molecule has 0 spiro atoms. The third-order valence-corrected chi connectivity index (χ3v) is 3.82. The van der Waals surface area contributed by atoms with Crippen molar-refractivity contribution < 1.29 is 4.79 Å². The van der Waals surface area contributed by atoms with Gasteiger partial charge in [-0.15, -0.1) is 0 Å². The Bertz CT molecular complexity index is 520. The third-order valence-electron chi connectivity index (χ3n) is 3.82. The van der Waals surface area contributed by atoms with E-state index in [-0.39, 0.29) is 11.8 Å². The lowest BCUT2D eigenvalue weighted by Gasteiger charge is -2.15. The number of primary amides is 1. The van der Waals surface area contributed by atoms with Gasteiger partial charge >= 0.3 is 0 Å². The molecule has 18 heavy (non-hydrogen) atoms. The predicted octanol–water partition coefficient (Wildman–Crippen LogP) is 1.14. The molecule has 1 heterocycles. The van der Waals surface area contributed by atoms with Crippen molar-refractivity contribution in [2.24, 2.45) is 17.6 Å². The molecule has 2 saturated carbocycles.